The third kappa shape index (κ3) is 3.49. The first-order valence-electron chi connectivity index (χ1n) is 6.18. The SMILES string of the molecule is CN(Cc1ccccc1C#CCO)S(=O)(=O)c1cnc[nH]1. The molecule has 1 aromatic heterocycles. The van der Waals surface area contributed by atoms with E-state index in [0.717, 1.165) is 5.56 Å². The van der Waals surface area contributed by atoms with E-state index in [9.17, 15) is 8.42 Å². The predicted octanol–water partition coefficient (Wildman–Crippen LogP) is 0.574. The molecule has 0 fully saturated rings. The fourth-order valence-corrected chi connectivity index (χ4v) is 2.83. The summed E-state index contributed by atoms with van der Waals surface area (Å²) in [7, 11) is -2.12. The highest BCUT2D eigenvalue weighted by Crippen LogP contribution is 2.16. The molecule has 110 valence electrons. The average Bonchev–Trinajstić information content (AvgIpc) is 3.01. The van der Waals surface area contributed by atoms with E-state index in [1.54, 1.807) is 12.1 Å². The highest BCUT2D eigenvalue weighted by atomic mass is 32.2. The summed E-state index contributed by atoms with van der Waals surface area (Å²) in [6, 6.07) is 7.22. The van der Waals surface area contributed by atoms with Gasteiger partial charge in [-0.25, -0.2) is 13.4 Å². The van der Waals surface area contributed by atoms with Gasteiger partial charge in [0.15, 0.2) is 5.03 Å². The maximum atomic E-state index is 12.3. The van der Waals surface area contributed by atoms with Gasteiger partial charge >= 0.3 is 0 Å². The first kappa shape index (κ1) is 15.3. The van der Waals surface area contributed by atoms with Crippen LogP contribution in [0.4, 0.5) is 0 Å². The Hall–Kier alpha value is -2.14. The normalized spacial score (nSPS) is 11.2. The van der Waals surface area contributed by atoms with Crippen molar-refractivity contribution in [3.05, 3.63) is 47.9 Å². The third-order valence-electron chi connectivity index (χ3n) is 2.87. The lowest BCUT2D eigenvalue weighted by atomic mass is 10.1. The Morgan fingerprint density at radius 2 is 2.14 bits per heavy atom. The van der Waals surface area contributed by atoms with Gasteiger partial charge in [-0.15, -0.1) is 0 Å². The Bertz CT molecular complexity index is 758. The fourth-order valence-electron chi connectivity index (χ4n) is 1.79. The summed E-state index contributed by atoms with van der Waals surface area (Å²) in [6.07, 6.45) is 2.59. The molecule has 0 radical (unpaired) electrons. The molecule has 0 bridgehead atoms. The Morgan fingerprint density at radius 3 is 2.81 bits per heavy atom. The number of imidazole rings is 1. The minimum atomic E-state index is -3.61. The van der Waals surface area contributed by atoms with Gasteiger partial charge in [0, 0.05) is 19.2 Å². The van der Waals surface area contributed by atoms with Crippen LogP contribution in [0.15, 0.2) is 41.8 Å². The third-order valence-corrected chi connectivity index (χ3v) is 4.60. The second-order valence-corrected chi connectivity index (χ2v) is 6.31. The summed E-state index contributed by atoms with van der Waals surface area (Å²) in [4.78, 5) is 6.32. The van der Waals surface area contributed by atoms with Crippen LogP contribution in [0.25, 0.3) is 0 Å². The molecule has 0 aliphatic heterocycles. The number of aromatic amines is 1. The van der Waals surface area contributed by atoms with E-state index in [0.29, 0.717) is 5.56 Å². The summed E-state index contributed by atoms with van der Waals surface area (Å²) in [5.41, 5.74) is 1.46. The van der Waals surface area contributed by atoms with Crippen molar-refractivity contribution >= 4 is 10.0 Å². The predicted molar refractivity (Wildman–Crippen MR) is 77.6 cm³/mol. The monoisotopic (exact) mass is 305 g/mol. The van der Waals surface area contributed by atoms with Crippen molar-refractivity contribution in [3.8, 4) is 11.8 Å². The Balaban J connectivity index is 2.26. The van der Waals surface area contributed by atoms with Gasteiger partial charge < -0.3 is 10.1 Å². The molecule has 1 aromatic carbocycles. The zero-order valence-electron chi connectivity index (χ0n) is 11.4. The van der Waals surface area contributed by atoms with Crippen LogP contribution in [-0.2, 0) is 16.6 Å². The van der Waals surface area contributed by atoms with Crippen molar-refractivity contribution in [3.63, 3.8) is 0 Å². The van der Waals surface area contributed by atoms with Gasteiger partial charge in [0.25, 0.3) is 10.0 Å². The molecule has 2 N–H and O–H groups in total. The van der Waals surface area contributed by atoms with Gasteiger partial charge in [-0.05, 0) is 11.6 Å². The molecule has 0 unspecified atom stereocenters. The van der Waals surface area contributed by atoms with Crippen molar-refractivity contribution in [1.29, 1.82) is 0 Å². The number of hydrogen-bond donors (Lipinski definition) is 2. The topological polar surface area (TPSA) is 86.3 Å². The molecule has 0 amide bonds. The minimum Gasteiger partial charge on any atom is -0.384 e. The van der Waals surface area contributed by atoms with E-state index in [1.807, 2.05) is 12.1 Å². The van der Waals surface area contributed by atoms with Crippen LogP contribution in [0, 0.1) is 11.8 Å². The fraction of sp³-hybridized carbons (Fsp3) is 0.214. The molecule has 1 heterocycles. The number of benzene rings is 1. The van der Waals surface area contributed by atoms with Crippen LogP contribution in [-0.4, -0.2) is 41.5 Å². The zero-order chi connectivity index (χ0) is 15.3. The molecule has 0 saturated carbocycles. The molecule has 2 aromatic rings. The number of nitrogens with zero attached hydrogens (tertiary/aromatic N) is 2. The first-order valence-corrected chi connectivity index (χ1v) is 7.62. The average molecular weight is 305 g/mol. The van der Waals surface area contributed by atoms with E-state index < -0.39 is 10.0 Å². The number of rotatable bonds is 4. The van der Waals surface area contributed by atoms with Gasteiger partial charge in [-0.1, -0.05) is 30.0 Å². The minimum absolute atomic E-state index is 0.0453. The lowest BCUT2D eigenvalue weighted by Gasteiger charge is -2.16. The summed E-state index contributed by atoms with van der Waals surface area (Å²) in [5.74, 6) is 5.38. The number of H-pyrrole nitrogens is 1. The quantitative estimate of drug-likeness (QED) is 0.809. The van der Waals surface area contributed by atoms with Gasteiger partial charge in [0.2, 0.25) is 0 Å². The van der Waals surface area contributed by atoms with Crippen LogP contribution < -0.4 is 0 Å². The lowest BCUT2D eigenvalue weighted by molar-refractivity contribution is 0.350. The van der Waals surface area contributed by atoms with Crippen molar-refractivity contribution in [2.24, 2.45) is 0 Å². The lowest BCUT2D eigenvalue weighted by Crippen LogP contribution is -2.27. The van der Waals surface area contributed by atoms with Crippen LogP contribution in [0.3, 0.4) is 0 Å². The summed E-state index contributed by atoms with van der Waals surface area (Å²) in [5, 5.41) is 8.81. The van der Waals surface area contributed by atoms with Gasteiger partial charge in [0.05, 0.1) is 12.5 Å². The number of sulfonamides is 1. The molecule has 0 aliphatic rings. The van der Waals surface area contributed by atoms with Crippen LogP contribution in [0.1, 0.15) is 11.1 Å². The Morgan fingerprint density at radius 1 is 1.38 bits per heavy atom. The van der Waals surface area contributed by atoms with Crippen molar-refractivity contribution in [1.82, 2.24) is 14.3 Å². The standard InChI is InChI=1S/C14H15N3O3S/c1-17(21(19,20)14-9-15-11-16-14)10-13-6-3-2-5-12(13)7-4-8-18/h2-3,5-6,9,11,18H,8,10H2,1H3,(H,15,16). The van der Waals surface area contributed by atoms with E-state index in [1.165, 1.54) is 23.9 Å². The maximum absolute atomic E-state index is 12.3. The van der Waals surface area contributed by atoms with Crippen molar-refractivity contribution in [2.75, 3.05) is 13.7 Å². The molecular formula is C14H15N3O3S. The molecule has 21 heavy (non-hydrogen) atoms. The first-order chi connectivity index (χ1) is 10.1. The van der Waals surface area contributed by atoms with Crippen LogP contribution in [0.5, 0.6) is 0 Å². The number of aliphatic hydroxyl groups excluding tert-OH is 1. The van der Waals surface area contributed by atoms with Crippen molar-refractivity contribution in [2.45, 2.75) is 11.6 Å². The molecule has 7 heteroatoms. The second kappa shape index (κ2) is 6.54. The molecular weight excluding hydrogens is 290 g/mol. The van der Waals surface area contributed by atoms with E-state index in [-0.39, 0.29) is 18.2 Å². The second-order valence-electron chi connectivity index (χ2n) is 4.29. The van der Waals surface area contributed by atoms with Crippen LogP contribution >= 0.6 is 0 Å². The molecule has 0 atom stereocenters. The van der Waals surface area contributed by atoms with E-state index >= 15 is 0 Å². The number of aliphatic hydroxyl groups is 1. The number of aromatic nitrogens is 2. The van der Waals surface area contributed by atoms with Crippen molar-refractivity contribution < 1.29 is 13.5 Å². The van der Waals surface area contributed by atoms with Gasteiger partial charge in [0.1, 0.15) is 6.61 Å². The molecule has 0 aliphatic carbocycles. The van der Waals surface area contributed by atoms with E-state index in [4.69, 9.17) is 5.11 Å². The maximum Gasteiger partial charge on any atom is 0.260 e. The Labute approximate surface area is 123 Å². The molecule has 0 spiro atoms. The zero-order valence-corrected chi connectivity index (χ0v) is 12.3. The summed E-state index contributed by atoms with van der Waals surface area (Å²) >= 11 is 0. The van der Waals surface area contributed by atoms with Gasteiger partial charge in [-0.3, -0.25) is 0 Å². The molecule has 2 rings (SSSR count). The smallest absolute Gasteiger partial charge is 0.260 e. The number of hydrogen-bond acceptors (Lipinski definition) is 4. The number of nitrogens with one attached hydrogen (secondary N) is 1. The highest BCUT2D eigenvalue weighted by molar-refractivity contribution is 7.89. The Kier molecular flexibility index (Phi) is 4.75. The van der Waals surface area contributed by atoms with Gasteiger partial charge in [-0.2, -0.15) is 4.31 Å². The summed E-state index contributed by atoms with van der Waals surface area (Å²) < 4.78 is 25.8. The van der Waals surface area contributed by atoms with Crippen LogP contribution in [0.2, 0.25) is 0 Å². The highest BCUT2D eigenvalue weighted by Gasteiger charge is 2.22. The summed E-state index contributed by atoms with van der Waals surface area (Å²) in [6.45, 7) is -0.0613. The molecule has 6 nitrogen and oxygen atoms in total. The van der Waals surface area contributed by atoms with E-state index in [2.05, 4.69) is 21.8 Å². The molecule has 0 saturated heterocycles. The largest absolute Gasteiger partial charge is 0.384 e.